The normalized spacial score (nSPS) is 10.4. The number of anilines is 1. The SMILES string of the molecule is Cc1nc(Br)cc(NCc2nc(C)no2)n1. The summed E-state index contributed by atoms with van der Waals surface area (Å²) in [4.78, 5) is 12.4. The van der Waals surface area contributed by atoms with Crippen molar-refractivity contribution in [3.05, 3.63) is 28.2 Å². The van der Waals surface area contributed by atoms with Crippen LogP contribution in [0.4, 0.5) is 5.82 Å². The Labute approximate surface area is 101 Å². The van der Waals surface area contributed by atoms with Gasteiger partial charge in [-0.1, -0.05) is 5.16 Å². The molecule has 2 heterocycles. The molecule has 1 N–H and O–H groups in total. The first-order chi connectivity index (χ1) is 7.63. The lowest BCUT2D eigenvalue weighted by molar-refractivity contribution is 0.379. The van der Waals surface area contributed by atoms with Crippen LogP contribution in [0, 0.1) is 13.8 Å². The second-order valence-corrected chi connectivity index (χ2v) is 4.02. The highest BCUT2D eigenvalue weighted by Crippen LogP contribution is 2.12. The lowest BCUT2D eigenvalue weighted by atomic mass is 10.5. The molecule has 0 aliphatic carbocycles. The molecule has 0 radical (unpaired) electrons. The predicted molar refractivity (Wildman–Crippen MR) is 60.8 cm³/mol. The Morgan fingerprint density at radius 2 is 2.06 bits per heavy atom. The summed E-state index contributed by atoms with van der Waals surface area (Å²) in [6.07, 6.45) is 0. The van der Waals surface area contributed by atoms with E-state index < -0.39 is 0 Å². The summed E-state index contributed by atoms with van der Waals surface area (Å²) in [5.41, 5.74) is 0. The predicted octanol–water partition coefficient (Wildman–Crippen LogP) is 1.85. The molecule has 0 saturated carbocycles. The zero-order valence-electron chi connectivity index (χ0n) is 8.86. The fraction of sp³-hybridized carbons (Fsp3) is 0.333. The zero-order chi connectivity index (χ0) is 11.5. The smallest absolute Gasteiger partial charge is 0.245 e. The third-order valence-electron chi connectivity index (χ3n) is 1.80. The van der Waals surface area contributed by atoms with Crippen LogP contribution in [0.1, 0.15) is 17.5 Å². The van der Waals surface area contributed by atoms with Gasteiger partial charge in [0.25, 0.3) is 0 Å². The van der Waals surface area contributed by atoms with Crippen LogP contribution in [0.3, 0.4) is 0 Å². The van der Waals surface area contributed by atoms with E-state index in [0.717, 1.165) is 10.4 Å². The summed E-state index contributed by atoms with van der Waals surface area (Å²) in [6.45, 7) is 4.05. The molecule has 6 nitrogen and oxygen atoms in total. The van der Waals surface area contributed by atoms with Gasteiger partial charge in [0.1, 0.15) is 16.2 Å². The lowest BCUT2D eigenvalue weighted by Gasteiger charge is -2.03. The molecule has 0 unspecified atom stereocenters. The van der Waals surface area contributed by atoms with E-state index in [9.17, 15) is 0 Å². The molecule has 0 spiro atoms. The van der Waals surface area contributed by atoms with E-state index in [1.807, 2.05) is 6.92 Å². The molecular weight excluding hydrogens is 274 g/mol. The zero-order valence-corrected chi connectivity index (χ0v) is 10.4. The van der Waals surface area contributed by atoms with Gasteiger partial charge in [-0.2, -0.15) is 4.98 Å². The van der Waals surface area contributed by atoms with Crippen molar-refractivity contribution in [2.24, 2.45) is 0 Å². The van der Waals surface area contributed by atoms with Gasteiger partial charge in [0.15, 0.2) is 5.82 Å². The molecule has 0 aliphatic heterocycles. The van der Waals surface area contributed by atoms with E-state index in [-0.39, 0.29) is 0 Å². The molecule has 84 valence electrons. The van der Waals surface area contributed by atoms with Gasteiger partial charge < -0.3 is 9.84 Å². The largest absolute Gasteiger partial charge is 0.361 e. The number of aryl methyl sites for hydroxylation is 2. The number of aromatic nitrogens is 4. The Bertz CT molecular complexity index is 478. The second kappa shape index (κ2) is 4.56. The molecule has 0 amide bonds. The monoisotopic (exact) mass is 283 g/mol. The van der Waals surface area contributed by atoms with Crippen molar-refractivity contribution in [2.75, 3.05) is 5.32 Å². The average molecular weight is 284 g/mol. The number of halogens is 1. The van der Waals surface area contributed by atoms with Crippen LogP contribution in [-0.2, 0) is 6.54 Å². The maximum Gasteiger partial charge on any atom is 0.245 e. The summed E-state index contributed by atoms with van der Waals surface area (Å²) >= 11 is 3.30. The van der Waals surface area contributed by atoms with Crippen LogP contribution >= 0.6 is 15.9 Å². The van der Waals surface area contributed by atoms with Gasteiger partial charge in [0.05, 0.1) is 6.54 Å². The van der Waals surface area contributed by atoms with E-state index in [1.54, 1.807) is 13.0 Å². The molecule has 0 fully saturated rings. The van der Waals surface area contributed by atoms with Gasteiger partial charge in [0.2, 0.25) is 5.89 Å². The summed E-state index contributed by atoms with van der Waals surface area (Å²) in [5.74, 6) is 2.57. The quantitative estimate of drug-likeness (QED) is 0.867. The van der Waals surface area contributed by atoms with Crippen LogP contribution in [0.5, 0.6) is 0 Å². The minimum atomic E-state index is 0.448. The number of nitrogens with zero attached hydrogens (tertiary/aromatic N) is 4. The first kappa shape index (κ1) is 11.0. The topological polar surface area (TPSA) is 76.7 Å². The highest BCUT2D eigenvalue weighted by molar-refractivity contribution is 9.10. The molecule has 0 aromatic carbocycles. The Hall–Kier alpha value is -1.50. The summed E-state index contributed by atoms with van der Waals surface area (Å²) in [6, 6.07) is 1.79. The summed E-state index contributed by atoms with van der Waals surface area (Å²) < 4.78 is 5.71. The first-order valence-corrected chi connectivity index (χ1v) is 5.47. The Morgan fingerprint density at radius 3 is 2.69 bits per heavy atom. The maximum absolute atomic E-state index is 4.97. The maximum atomic E-state index is 4.97. The van der Waals surface area contributed by atoms with Crippen LogP contribution in [0.2, 0.25) is 0 Å². The molecule has 7 heteroatoms. The van der Waals surface area contributed by atoms with Crippen LogP contribution in [0.15, 0.2) is 15.2 Å². The lowest BCUT2D eigenvalue weighted by Crippen LogP contribution is -2.03. The molecule has 2 rings (SSSR count). The minimum absolute atomic E-state index is 0.448. The number of nitrogens with one attached hydrogen (secondary N) is 1. The van der Waals surface area contributed by atoms with Crippen molar-refractivity contribution in [1.29, 1.82) is 0 Å². The van der Waals surface area contributed by atoms with Crippen molar-refractivity contribution in [1.82, 2.24) is 20.1 Å². The molecular formula is C9H10BrN5O. The molecule has 0 atom stereocenters. The fourth-order valence-electron chi connectivity index (χ4n) is 1.20. The van der Waals surface area contributed by atoms with Gasteiger partial charge >= 0.3 is 0 Å². The molecule has 16 heavy (non-hydrogen) atoms. The molecule has 2 aromatic heterocycles. The van der Waals surface area contributed by atoms with Gasteiger partial charge in [-0.3, -0.25) is 0 Å². The van der Waals surface area contributed by atoms with Crippen LogP contribution in [-0.4, -0.2) is 20.1 Å². The van der Waals surface area contributed by atoms with Gasteiger partial charge in [-0.15, -0.1) is 0 Å². The number of rotatable bonds is 3. The summed E-state index contributed by atoms with van der Waals surface area (Å²) in [5, 5.41) is 6.77. The van der Waals surface area contributed by atoms with Crippen LogP contribution in [0.25, 0.3) is 0 Å². The summed E-state index contributed by atoms with van der Waals surface area (Å²) in [7, 11) is 0. The molecule has 0 bridgehead atoms. The van der Waals surface area contributed by atoms with Crippen molar-refractivity contribution in [3.8, 4) is 0 Å². The third kappa shape index (κ3) is 2.75. The van der Waals surface area contributed by atoms with Gasteiger partial charge in [0, 0.05) is 6.07 Å². The van der Waals surface area contributed by atoms with Crippen LogP contribution < -0.4 is 5.32 Å². The highest BCUT2D eigenvalue weighted by atomic mass is 79.9. The number of hydrogen-bond acceptors (Lipinski definition) is 6. The Morgan fingerprint density at radius 1 is 1.25 bits per heavy atom. The molecule has 0 aliphatic rings. The van der Waals surface area contributed by atoms with E-state index in [0.29, 0.717) is 24.1 Å². The minimum Gasteiger partial charge on any atom is -0.361 e. The molecule has 2 aromatic rings. The molecule has 0 saturated heterocycles. The third-order valence-corrected chi connectivity index (χ3v) is 2.20. The van der Waals surface area contributed by atoms with Crippen molar-refractivity contribution < 1.29 is 4.52 Å². The van der Waals surface area contributed by atoms with E-state index >= 15 is 0 Å². The van der Waals surface area contributed by atoms with E-state index in [4.69, 9.17) is 4.52 Å². The van der Waals surface area contributed by atoms with E-state index in [2.05, 4.69) is 41.4 Å². The Kier molecular flexibility index (Phi) is 3.14. The number of hydrogen-bond donors (Lipinski definition) is 1. The Balaban J connectivity index is 2.04. The van der Waals surface area contributed by atoms with Crippen molar-refractivity contribution in [2.45, 2.75) is 20.4 Å². The first-order valence-electron chi connectivity index (χ1n) is 4.68. The van der Waals surface area contributed by atoms with Crippen molar-refractivity contribution in [3.63, 3.8) is 0 Å². The standard InChI is InChI=1S/C9H10BrN5O/c1-5-12-7(10)3-8(13-5)11-4-9-14-6(2)15-16-9/h3H,4H2,1-2H3,(H,11,12,13). The fourth-order valence-corrected chi connectivity index (χ4v) is 1.67. The van der Waals surface area contributed by atoms with E-state index in [1.165, 1.54) is 0 Å². The second-order valence-electron chi connectivity index (χ2n) is 3.21. The van der Waals surface area contributed by atoms with Crippen molar-refractivity contribution >= 4 is 21.7 Å². The highest BCUT2D eigenvalue weighted by Gasteiger charge is 2.04. The van der Waals surface area contributed by atoms with Gasteiger partial charge in [-0.05, 0) is 29.8 Å². The van der Waals surface area contributed by atoms with Gasteiger partial charge in [-0.25, -0.2) is 9.97 Å². The average Bonchev–Trinajstić information content (AvgIpc) is 2.60.